The van der Waals surface area contributed by atoms with Gasteiger partial charge in [-0.25, -0.2) is 0 Å². The fraction of sp³-hybridized carbons (Fsp3) is 0.133. The van der Waals surface area contributed by atoms with Crippen LogP contribution in [0.15, 0.2) is 48.5 Å². The first-order valence-corrected chi connectivity index (χ1v) is 6.24. The van der Waals surface area contributed by atoms with Crippen molar-refractivity contribution in [1.82, 2.24) is 5.32 Å². The van der Waals surface area contributed by atoms with Gasteiger partial charge in [0.2, 0.25) is 0 Å². The Kier molecular flexibility index (Phi) is 4.42. The number of amides is 1. The van der Waals surface area contributed by atoms with Gasteiger partial charge in [-0.05, 0) is 29.8 Å². The molecule has 1 amide bonds. The summed E-state index contributed by atoms with van der Waals surface area (Å²) >= 11 is 5.97. The van der Waals surface area contributed by atoms with Crippen LogP contribution in [0.3, 0.4) is 0 Å². The number of carbonyl (C=O) groups is 1. The molecule has 2 rings (SSSR count). The zero-order valence-electron chi connectivity index (χ0n) is 10.5. The lowest BCUT2D eigenvalue weighted by molar-refractivity contribution is 0.0951. The van der Waals surface area contributed by atoms with Gasteiger partial charge in [0.1, 0.15) is 5.75 Å². The molecule has 0 spiro atoms. The normalized spacial score (nSPS) is 10.0. The van der Waals surface area contributed by atoms with Crippen LogP contribution in [-0.2, 0) is 6.54 Å². The summed E-state index contributed by atoms with van der Waals surface area (Å²) in [5.41, 5.74) is 1.45. The minimum Gasteiger partial charge on any atom is -0.497 e. The standard InChI is InChI=1S/C15H14ClNO2/c1-19-12-6-4-5-11(9-12)10-17-15(18)13-7-2-3-8-14(13)16/h2-9H,10H2,1H3,(H,17,18). The molecule has 0 saturated carbocycles. The quantitative estimate of drug-likeness (QED) is 0.930. The Bertz CT molecular complexity index is 584. The van der Waals surface area contributed by atoms with E-state index in [2.05, 4.69) is 5.32 Å². The van der Waals surface area contributed by atoms with Gasteiger partial charge in [0, 0.05) is 6.54 Å². The summed E-state index contributed by atoms with van der Waals surface area (Å²) in [6.07, 6.45) is 0. The molecule has 3 nitrogen and oxygen atoms in total. The maximum absolute atomic E-state index is 12.0. The van der Waals surface area contributed by atoms with E-state index in [9.17, 15) is 4.79 Å². The van der Waals surface area contributed by atoms with E-state index in [1.165, 1.54) is 0 Å². The molecule has 0 atom stereocenters. The average Bonchev–Trinajstić information content (AvgIpc) is 2.45. The van der Waals surface area contributed by atoms with Gasteiger partial charge in [0.05, 0.1) is 17.7 Å². The van der Waals surface area contributed by atoms with Crippen molar-refractivity contribution in [1.29, 1.82) is 0 Å². The second kappa shape index (κ2) is 6.25. The first-order chi connectivity index (χ1) is 9.20. The topological polar surface area (TPSA) is 38.3 Å². The summed E-state index contributed by atoms with van der Waals surface area (Å²) in [4.78, 5) is 12.0. The molecule has 0 fully saturated rings. The monoisotopic (exact) mass is 275 g/mol. The van der Waals surface area contributed by atoms with Crippen LogP contribution in [0.1, 0.15) is 15.9 Å². The van der Waals surface area contributed by atoms with Gasteiger partial charge in [-0.1, -0.05) is 35.9 Å². The fourth-order valence-electron chi connectivity index (χ4n) is 1.71. The van der Waals surface area contributed by atoms with Crippen molar-refractivity contribution in [3.8, 4) is 5.75 Å². The highest BCUT2D eigenvalue weighted by atomic mass is 35.5. The number of hydrogen-bond donors (Lipinski definition) is 1. The number of halogens is 1. The van der Waals surface area contributed by atoms with Gasteiger partial charge in [0.15, 0.2) is 0 Å². The Balaban J connectivity index is 2.02. The molecule has 0 saturated heterocycles. The molecule has 19 heavy (non-hydrogen) atoms. The first-order valence-electron chi connectivity index (χ1n) is 5.86. The van der Waals surface area contributed by atoms with E-state index in [1.54, 1.807) is 31.4 Å². The van der Waals surface area contributed by atoms with Crippen LogP contribution in [0.5, 0.6) is 5.75 Å². The van der Waals surface area contributed by atoms with Crippen molar-refractivity contribution in [2.75, 3.05) is 7.11 Å². The molecule has 0 aliphatic carbocycles. The number of nitrogens with one attached hydrogen (secondary N) is 1. The Morgan fingerprint density at radius 3 is 2.74 bits per heavy atom. The van der Waals surface area contributed by atoms with E-state index in [-0.39, 0.29) is 5.91 Å². The summed E-state index contributed by atoms with van der Waals surface area (Å²) in [6.45, 7) is 0.432. The van der Waals surface area contributed by atoms with Gasteiger partial charge in [-0.15, -0.1) is 0 Å². The Morgan fingerprint density at radius 2 is 2.00 bits per heavy atom. The number of benzene rings is 2. The largest absolute Gasteiger partial charge is 0.497 e. The highest BCUT2D eigenvalue weighted by molar-refractivity contribution is 6.33. The summed E-state index contributed by atoms with van der Waals surface area (Å²) < 4.78 is 5.13. The average molecular weight is 276 g/mol. The molecule has 0 heterocycles. The number of ether oxygens (including phenoxy) is 1. The van der Waals surface area contributed by atoms with Crippen LogP contribution >= 0.6 is 11.6 Å². The number of carbonyl (C=O) groups excluding carboxylic acids is 1. The lowest BCUT2D eigenvalue weighted by Gasteiger charge is -2.08. The van der Waals surface area contributed by atoms with Gasteiger partial charge < -0.3 is 10.1 Å². The zero-order chi connectivity index (χ0) is 13.7. The third-order valence-electron chi connectivity index (χ3n) is 2.71. The second-order valence-electron chi connectivity index (χ2n) is 4.01. The number of hydrogen-bond acceptors (Lipinski definition) is 2. The SMILES string of the molecule is COc1cccc(CNC(=O)c2ccccc2Cl)c1. The molecule has 0 bridgehead atoms. The first kappa shape index (κ1) is 13.4. The fourth-order valence-corrected chi connectivity index (χ4v) is 1.93. The number of methoxy groups -OCH3 is 1. The highest BCUT2D eigenvalue weighted by Crippen LogP contribution is 2.15. The molecule has 0 aliphatic rings. The van der Waals surface area contributed by atoms with E-state index in [0.29, 0.717) is 17.1 Å². The molecular weight excluding hydrogens is 262 g/mol. The number of rotatable bonds is 4. The molecule has 1 N–H and O–H groups in total. The van der Waals surface area contributed by atoms with Crippen molar-refractivity contribution in [3.63, 3.8) is 0 Å². The molecule has 4 heteroatoms. The van der Waals surface area contributed by atoms with Crippen LogP contribution in [0.2, 0.25) is 5.02 Å². The molecule has 2 aromatic carbocycles. The van der Waals surface area contributed by atoms with Gasteiger partial charge in [0.25, 0.3) is 5.91 Å². The van der Waals surface area contributed by atoms with Crippen molar-refractivity contribution in [2.45, 2.75) is 6.54 Å². The molecule has 0 unspecified atom stereocenters. The van der Waals surface area contributed by atoms with Crippen molar-refractivity contribution in [2.24, 2.45) is 0 Å². The smallest absolute Gasteiger partial charge is 0.253 e. The Hall–Kier alpha value is -2.00. The molecule has 0 aromatic heterocycles. The molecule has 98 valence electrons. The lowest BCUT2D eigenvalue weighted by atomic mass is 10.2. The summed E-state index contributed by atoms with van der Waals surface area (Å²) in [5.74, 6) is 0.581. The Labute approximate surface area is 117 Å². The molecule has 0 aliphatic heterocycles. The lowest BCUT2D eigenvalue weighted by Crippen LogP contribution is -2.23. The van der Waals surface area contributed by atoms with Crippen LogP contribution in [0.4, 0.5) is 0 Å². The van der Waals surface area contributed by atoms with Gasteiger partial charge in [-0.3, -0.25) is 4.79 Å². The molecule has 0 radical (unpaired) electrons. The second-order valence-corrected chi connectivity index (χ2v) is 4.42. The van der Waals surface area contributed by atoms with E-state index in [4.69, 9.17) is 16.3 Å². The van der Waals surface area contributed by atoms with Crippen LogP contribution in [0.25, 0.3) is 0 Å². The summed E-state index contributed by atoms with van der Waals surface area (Å²) in [7, 11) is 1.61. The highest BCUT2D eigenvalue weighted by Gasteiger charge is 2.08. The molecular formula is C15H14ClNO2. The Morgan fingerprint density at radius 1 is 1.21 bits per heavy atom. The predicted octanol–water partition coefficient (Wildman–Crippen LogP) is 3.28. The molecule has 2 aromatic rings. The van der Waals surface area contributed by atoms with E-state index < -0.39 is 0 Å². The van der Waals surface area contributed by atoms with Crippen LogP contribution in [0, 0.1) is 0 Å². The van der Waals surface area contributed by atoms with Crippen molar-refractivity contribution < 1.29 is 9.53 Å². The van der Waals surface area contributed by atoms with E-state index in [0.717, 1.165) is 11.3 Å². The minimum absolute atomic E-state index is 0.187. The third kappa shape index (κ3) is 3.48. The predicted molar refractivity (Wildman–Crippen MR) is 75.6 cm³/mol. The maximum Gasteiger partial charge on any atom is 0.253 e. The van der Waals surface area contributed by atoms with Crippen molar-refractivity contribution in [3.05, 3.63) is 64.7 Å². The third-order valence-corrected chi connectivity index (χ3v) is 3.04. The van der Waals surface area contributed by atoms with Crippen molar-refractivity contribution >= 4 is 17.5 Å². The van der Waals surface area contributed by atoms with E-state index >= 15 is 0 Å². The van der Waals surface area contributed by atoms with Crippen LogP contribution in [-0.4, -0.2) is 13.0 Å². The van der Waals surface area contributed by atoms with Gasteiger partial charge in [-0.2, -0.15) is 0 Å². The van der Waals surface area contributed by atoms with Gasteiger partial charge >= 0.3 is 0 Å². The maximum atomic E-state index is 12.0. The zero-order valence-corrected chi connectivity index (χ0v) is 11.3. The minimum atomic E-state index is -0.187. The summed E-state index contributed by atoms with van der Waals surface area (Å²) in [6, 6.07) is 14.5. The van der Waals surface area contributed by atoms with Crippen LogP contribution < -0.4 is 10.1 Å². The summed E-state index contributed by atoms with van der Waals surface area (Å²) in [5, 5.41) is 3.28. The van der Waals surface area contributed by atoms with E-state index in [1.807, 2.05) is 24.3 Å².